The van der Waals surface area contributed by atoms with Crippen LogP contribution in [0.4, 0.5) is 19.6 Å². The molecule has 2 N–H and O–H groups in total. The van der Waals surface area contributed by atoms with Gasteiger partial charge < -0.3 is 4.74 Å². The van der Waals surface area contributed by atoms with Crippen molar-refractivity contribution in [2.45, 2.75) is 51.9 Å². The van der Waals surface area contributed by atoms with Crippen molar-refractivity contribution >= 4 is 22.2 Å². The van der Waals surface area contributed by atoms with Crippen molar-refractivity contribution in [1.29, 1.82) is 0 Å². The molecule has 2 aromatic heterocycles. The molecular weight excluding hydrogens is 418 g/mol. The third-order valence-electron chi connectivity index (χ3n) is 4.92. The Morgan fingerprint density at radius 1 is 1.13 bits per heavy atom. The number of nitrogens with zero attached hydrogens (tertiary/aromatic N) is 3. The number of halogens is 2. The maximum atomic E-state index is 13.7. The van der Waals surface area contributed by atoms with E-state index in [0.29, 0.717) is 17.4 Å². The highest BCUT2D eigenvalue weighted by atomic mass is 32.1. The molecule has 0 atom stereocenters. The molecule has 0 aliphatic rings. The first-order valence-electron chi connectivity index (χ1n) is 10.6. The minimum Gasteiger partial charge on any atom is -0.493 e. The van der Waals surface area contributed by atoms with Crippen LogP contribution in [0.3, 0.4) is 0 Å². The summed E-state index contributed by atoms with van der Waals surface area (Å²) in [6.07, 6.45) is 7.43. The van der Waals surface area contributed by atoms with Gasteiger partial charge in [0, 0.05) is 23.3 Å². The average Bonchev–Trinajstić information content (AvgIpc) is 3.29. The molecule has 2 heterocycles. The first-order chi connectivity index (χ1) is 15.1. The number of anilines is 2. The third-order valence-corrected chi connectivity index (χ3v) is 5.76. The van der Waals surface area contributed by atoms with Crippen molar-refractivity contribution in [3.63, 3.8) is 0 Å². The zero-order valence-corrected chi connectivity index (χ0v) is 18.5. The van der Waals surface area contributed by atoms with Crippen LogP contribution in [0, 0.1) is 0 Å². The molecule has 8 heteroatoms. The van der Waals surface area contributed by atoms with Crippen LogP contribution >= 0.6 is 11.3 Å². The van der Waals surface area contributed by atoms with E-state index in [-0.39, 0.29) is 11.3 Å². The number of hydrazine groups is 1. The van der Waals surface area contributed by atoms with Gasteiger partial charge in [-0.15, -0.1) is 11.3 Å². The fourth-order valence-electron chi connectivity index (χ4n) is 3.18. The highest BCUT2D eigenvalue weighted by Gasteiger charge is 2.18. The Morgan fingerprint density at radius 3 is 2.68 bits per heavy atom. The molecule has 0 fully saturated rings. The fraction of sp³-hybridized carbons (Fsp3) is 0.391. The predicted octanol–water partition coefficient (Wildman–Crippen LogP) is 6.89. The Balaban J connectivity index is 1.65. The van der Waals surface area contributed by atoms with Crippen LogP contribution in [0.1, 0.15) is 57.4 Å². The summed E-state index contributed by atoms with van der Waals surface area (Å²) in [5, 5.41) is 3.67. The number of ether oxygens (including phenoxy) is 1. The normalized spacial score (nSPS) is 11.1. The van der Waals surface area contributed by atoms with Gasteiger partial charge >= 0.3 is 0 Å². The van der Waals surface area contributed by atoms with Crippen molar-refractivity contribution in [1.82, 2.24) is 9.97 Å². The molecule has 0 spiro atoms. The summed E-state index contributed by atoms with van der Waals surface area (Å²) in [7, 11) is 0. The molecule has 0 bridgehead atoms. The Kier molecular flexibility index (Phi) is 8.73. The second-order valence-corrected chi connectivity index (χ2v) is 8.10. The fourth-order valence-corrected chi connectivity index (χ4v) is 3.96. The van der Waals surface area contributed by atoms with Crippen LogP contribution < -0.4 is 15.6 Å². The average molecular weight is 447 g/mol. The van der Waals surface area contributed by atoms with E-state index in [1.165, 1.54) is 41.7 Å². The van der Waals surface area contributed by atoms with Gasteiger partial charge in [-0.2, -0.15) is 0 Å². The Labute approximate surface area is 185 Å². The number of nitrogens with two attached hydrogens (primary N) is 1. The van der Waals surface area contributed by atoms with Gasteiger partial charge in [0.15, 0.2) is 0 Å². The van der Waals surface area contributed by atoms with Gasteiger partial charge in [0.25, 0.3) is 6.43 Å². The van der Waals surface area contributed by atoms with Gasteiger partial charge in [0.2, 0.25) is 5.13 Å². The highest BCUT2D eigenvalue weighted by Crippen LogP contribution is 2.35. The summed E-state index contributed by atoms with van der Waals surface area (Å²) >= 11 is 1.33. The van der Waals surface area contributed by atoms with E-state index in [9.17, 15) is 8.78 Å². The van der Waals surface area contributed by atoms with Crippen LogP contribution in [0.5, 0.6) is 5.75 Å². The van der Waals surface area contributed by atoms with E-state index >= 15 is 0 Å². The maximum absolute atomic E-state index is 13.7. The molecule has 0 saturated heterocycles. The summed E-state index contributed by atoms with van der Waals surface area (Å²) < 4.78 is 33.0. The Bertz CT molecular complexity index is 936. The number of benzene rings is 1. The number of unbranched alkanes of at least 4 members (excludes halogenated alkanes) is 5. The molecule has 0 aliphatic heterocycles. The van der Waals surface area contributed by atoms with E-state index in [0.717, 1.165) is 30.5 Å². The molecule has 0 saturated carbocycles. The highest BCUT2D eigenvalue weighted by molar-refractivity contribution is 7.14. The number of hydrogen-bond acceptors (Lipinski definition) is 6. The minimum absolute atomic E-state index is 0.164. The number of rotatable bonds is 12. The van der Waals surface area contributed by atoms with E-state index in [1.54, 1.807) is 24.5 Å². The number of aromatic nitrogens is 2. The molecule has 3 rings (SSSR count). The lowest BCUT2D eigenvalue weighted by atomic mass is 10.1. The van der Waals surface area contributed by atoms with Crippen LogP contribution in [0.15, 0.2) is 48.1 Å². The SMILES string of the molecule is CCCCCCCCOc1ccc(N(N)c2nc(-c3cccnc3)cs2)cc1C(F)F. The molecular formula is C23H28F2N4OS. The molecule has 5 nitrogen and oxygen atoms in total. The number of alkyl halides is 2. The first kappa shape index (κ1) is 23.1. The third kappa shape index (κ3) is 6.45. The van der Waals surface area contributed by atoms with Gasteiger partial charge in [0.05, 0.1) is 23.6 Å². The number of hydrogen-bond donors (Lipinski definition) is 1. The standard InChI is InChI=1S/C23H28F2N4OS/c1-2-3-4-5-6-7-13-30-21-11-10-18(14-19(21)22(24)25)29(26)23-28-20(16-31-23)17-9-8-12-27-15-17/h8-12,14-16,22H,2-7,13,26H2,1H3. The molecule has 166 valence electrons. The second kappa shape index (κ2) is 11.7. The van der Waals surface area contributed by atoms with Crippen LogP contribution in [0.2, 0.25) is 0 Å². The Morgan fingerprint density at radius 2 is 1.94 bits per heavy atom. The molecule has 0 radical (unpaired) electrons. The molecule has 0 aliphatic carbocycles. The summed E-state index contributed by atoms with van der Waals surface area (Å²) in [5.41, 5.74) is 1.86. The van der Waals surface area contributed by atoms with Crippen LogP contribution in [0.25, 0.3) is 11.3 Å². The van der Waals surface area contributed by atoms with E-state index in [2.05, 4.69) is 16.9 Å². The topological polar surface area (TPSA) is 64.3 Å². The summed E-state index contributed by atoms with van der Waals surface area (Å²) in [6, 6.07) is 8.33. The largest absolute Gasteiger partial charge is 0.493 e. The van der Waals surface area contributed by atoms with E-state index in [4.69, 9.17) is 10.6 Å². The van der Waals surface area contributed by atoms with Gasteiger partial charge in [-0.25, -0.2) is 19.6 Å². The molecule has 0 unspecified atom stereocenters. The van der Waals surface area contributed by atoms with E-state index in [1.807, 2.05) is 17.5 Å². The van der Waals surface area contributed by atoms with Gasteiger partial charge in [-0.05, 0) is 36.8 Å². The lowest BCUT2D eigenvalue weighted by Gasteiger charge is -2.18. The monoisotopic (exact) mass is 446 g/mol. The molecule has 31 heavy (non-hydrogen) atoms. The molecule has 0 amide bonds. The van der Waals surface area contributed by atoms with Gasteiger partial charge in [-0.1, -0.05) is 39.0 Å². The van der Waals surface area contributed by atoms with Gasteiger partial charge in [-0.3, -0.25) is 9.99 Å². The van der Waals surface area contributed by atoms with Crippen molar-refractivity contribution in [3.05, 3.63) is 53.7 Å². The minimum atomic E-state index is -2.66. The zero-order chi connectivity index (χ0) is 22.1. The zero-order valence-electron chi connectivity index (χ0n) is 17.6. The van der Waals surface area contributed by atoms with Crippen molar-refractivity contribution in [3.8, 4) is 17.0 Å². The molecule has 3 aromatic rings. The lowest BCUT2D eigenvalue weighted by molar-refractivity contribution is 0.145. The number of thiazole rings is 1. The van der Waals surface area contributed by atoms with E-state index < -0.39 is 6.43 Å². The van der Waals surface area contributed by atoms with Crippen molar-refractivity contribution < 1.29 is 13.5 Å². The summed E-state index contributed by atoms with van der Waals surface area (Å²) in [4.78, 5) is 8.59. The van der Waals surface area contributed by atoms with Crippen molar-refractivity contribution in [2.75, 3.05) is 11.6 Å². The number of pyridine rings is 1. The maximum Gasteiger partial charge on any atom is 0.267 e. The predicted molar refractivity (Wildman–Crippen MR) is 122 cm³/mol. The summed E-state index contributed by atoms with van der Waals surface area (Å²) in [6.45, 7) is 2.60. The Hall–Kier alpha value is -2.58. The van der Waals surface area contributed by atoms with Gasteiger partial charge in [0.1, 0.15) is 5.75 Å². The second-order valence-electron chi connectivity index (χ2n) is 7.27. The van der Waals surface area contributed by atoms with Crippen LogP contribution in [-0.4, -0.2) is 16.6 Å². The summed E-state index contributed by atoms with van der Waals surface area (Å²) in [5.74, 6) is 6.39. The smallest absolute Gasteiger partial charge is 0.267 e. The van der Waals surface area contributed by atoms with Crippen LogP contribution in [-0.2, 0) is 0 Å². The molecule has 1 aromatic carbocycles. The van der Waals surface area contributed by atoms with Crippen molar-refractivity contribution in [2.24, 2.45) is 5.84 Å². The first-order valence-corrected chi connectivity index (χ1v) is 11.4. The lowest BCUT2D eigenvalue weighted by Crippen LogP contribution is -2.24. The quantitative estimate of drug-likeness (QED) is 0.186.